The fourth-order valence-electron chi connectivity index (χ4n) is 3.50. The molecule has 4 heterocycles. The second kappa shape index (κ2) is 6.77. The van der Waals surface area contributed by atoms with Crippen LogP contribution in [0.4, 0.5) is 0 Å². The van der Waals surface area contributed by atoms with Gasteiger partial charge in [0.05, 0.1) is 23.8 Å². The number of hydrogen-bond donors (Lipinski definition) is 1. The highest BCUT2D eigenvalue weighted by atomic mass is 16.5. The third kappa shape index (κ3) is 3.13. The maximum absolute atomic E-state index is 5.66. The Bertz CT molecular complexity index is 1030. The Kier molecular flexibility index (Phi) is 3.99. The summed E-state index contributed by atoms with van der Waals surface area (Å²) < 4.78 is 5.66. The van der Waals surface area contributed by atoms with E-state index in [-0.39, 0.29) is 6.04 Å². The van der Waals surface area contributed by atoms with Crippen LogP contribution in [0.3, 0.4) is 0 Å². The van der Waals surface area contributed by atoms with E-state index in [4.69, 9.17) is 4.52 Å². The van der Waals surface area contributed by atoms with E-state index in [9.17, 15) is 0 Å². The molecule has 1 unspecified atom stereocenters. The highest BCUT2D eigenvalue weighted by Gasteiger charge is 2.33. The van der Waals surface area contributed by atoms with Crippen molar-refractivity contribution in [1.82, 2.24) is 30.0 Å². The average molecular weight is 358 g/mol. The first-order chi connectivity index (χ1) is 13.4. The normalized spacial score (nSPS) is 17.0. The molecule has 0 amide bonds. The molecule has 0 saturated carbocycles. The van der Waals surface area contributed by atoms with Crippen LogP contribution in [0.25, 0.3) is 11.4 Å². The second-order valence-electron chi connectivity index (χ2n) is 6.63. The van der Waals surface area contributed by atoms with Crippen molar-refractivity contribution < 1.29 is 4.52 Å². The van der Waals surface area contributed by atoms with Gasteiger partial charge in [0, 0.05) is 37.5 Å². The summed E-state index contributed by atoms with van der Waals surface area (Å²) in [6, 6.07) is 14.2. The van der Waals surface area contributed by atoms with Crippen molar-refractivity contribution in [2.75, 3.05) is 0 Å². The van der Waals surface area contributed by atoms with Crippen LogP contribution in [0.1, 0.15) is 28.9 Å². The predicted octanol–water partition coefficient (Wildman–Crippen LogP) is 3.15. The lowest BCUT2D eigenvalue weighted by atomic mass is 10.0. The molecule has 1 aliphatic rings. The van der Waals surface area contributed by atoms with Gasteiger partial charge in [0.25, 0.3) is 0 Å². The molecule has 0 fully saturated rings. The Morgan fingerprint density at radius 1 is 1.11 bits per heavy atom. The maximum atomic E-state index is 5.66. The molecular formula is C20H18N6O. The van der Waals surface area contributed by atoms with Gasteiger partial charge in [-0.25, -0.2) is 4.98 Å². The van der Waals surface area contributed by atoms with Crippen molar-refractivity contribution in [1.29, 1.82) is 0 Å². The van der Waals surface area contributed by atoms with Crippen LogP contribution in [-0.4, -0.2) is 30.0 Å². The monoisotopic (exact) mass is 358 g/mol. The number of pyridine rings is 1. The smallest absolute Gasteiger partial charge is 0.244 e. The number of nitrogens with zero attached hydrogens (tertiary/aromatic N) is 5. The van der Waals surface area contributed by atoms with Gasteiger partial charge in [0.2, 0.25) is 11.7 Å². The van der Waals surface area contributed by atoms with Gasteiger partial charge < -0.3 is 9.51 Å². The van der Waals surface area contributed by atoms with Crippen LogP contribution < -0.4 is 0 Å². The van der Waals surface area contributed by atoms with Gasteiger partial charge in [-0.3, -0.25) is 9.88 Å². The zero-order valence-corrected chi connectivity index (χ0v) is 14.6. The molecule has 1 atom stereocenters. The van der Waals surface area contributed by atoms with Gasteiger partial charge in [0.1, 0.15) is 0 Å². The molecule has 0 aliphatic carbocycles. The van der Waals surface area contributed by atoms with Crippen molar-refractivity contribution in [2.45, 2.75) is 25.6 Å². The summed E-state index contributed by atoms with van der Waals surface area (Å²) in [5.74, 6) is 1.20. The van der Waals surface area contributed by atoms with Crippen LogP contribution in [0.5, 0.6) is 0 Å². The summed E-state index contributed by atoms with van der Waals surface area (Å²) in [4.78, 5) is 18.8. The third-order valence-electron chi connectivity index (χ3n) is 4.89. The lowest BCUT2D eigenvalue weighted by Gasteiger charge is -2.32. The molecule has 1 N–H and O–H groups in total. The van der Waals surface area contributed by atoms with Gasteiger partial charge in [0.15, 0.2) is 0 Å². The minimum atomic E-state index is -0.0101. The molecule has 0 saturated heterocycles. The summed E-state index contributed by atoms with van der Waals surface area (Å²) >= 11 is 0. The van der Waals surface area contributed by atoms with Crippen molar-refractivity contribution in [3.8, 4) is 11.4 Å². The Morgan fingerprint density at radius 3 is 2.81 bits per heavy atom. The number of benzene rings is 1. The van der Waals surface area contributed by atoms with E-state index in [0.717, 1.165) is 36.5 Å². The predicted molar refractivity (Wildman–Crippen MR) is 98.3 cm³/mol. The second-order valence-corrected chi connectivity index (χ2v) is 6.63. The zero-order valence-electron chi connectivity index (χ0n) is 14.6. The Hall–Kier alpha value is -3.32. The van der Waals surface area contributed by atoms with Crippen molar-refractivity contribution >= 4 is 0 Å². The molecule has 134 valence electrons. The largest absolute Gasteiger partial charge is 0.347 e. The summed E-state index contributed by atoms with van der Waals surface area (Å²) in [6.45, 7) is 1.57. The van der Waals surface area contributed by atoms with E-state index < -0.39 is 0 Å². The fraction of sp³-hybridized carbons (Fsp3) is 0.200. The summed E-state index contributed by atoms with van der Waals surface area (Å²) in [7, 11) is 0. The van der Waals surface area contributed by atoms with Crippen molar-refractivity contribution in [3.63, 3.8) is 0 Å². The molecule has 5 rings (SSSR count). The minimum absolute atomic E-state index is 0.0101. The van der Waals surface area contributed by atoms with E-state index in [1.165, 1.54) is 5.56 Å². The van der Waals surface area contributed by atoms with Gasteiger partial charge in [-0.05, 0) is 17.7 Å². The molecule has 27 heavy (non-hydrogen) atoms. The maximum Gasteiger partial charge on any atom is 0.244 e. The summed E-state index contributed by atoms with van der Waals surface area (Å²) in [5, 5.41) is 4.18. The first-order valence-electron chi connectivity index (χ1n) is 8.90. The Balaban J connectivity index is 1.47. The van der Waals surface area contributed by atoms with Crippen LogP contribution >= 0.6 is 0 Å². The fourth-order valence-corrected chi connectivity index (χ4v) is 3.50. The number of nitrogens with one attached hydrogen (secondary N) is 1. The van der Waals surface area contributed by atoms with Gasteiger partial charge >= 0.3 is 0 Å². The standard InChI is InChI=1S/C20H18N6O/c1-2-4-14(5-3-1)11-26-12-17-16(22-13-23-17)10-18(26)20-24-19(25-27-20)15-6-8-21-9-7-15/h1-9,13,18H,10-12H2,(H,22,23). The first-order valence-corrected chi connectivity index (χ1v) is 8.90. The zero-order chi connectivity index (χ0) is 18.1. The molecule has 0 spiro atoms. The molecule has 1 aromatic carbocycles. The molecule has 7 nitrogen and oxygen atoms in total. The van der Waals surface area contributed by atoms with Crippen LogP contribution in [0.2, 0.25) is 0 Å². The van der Waals surface area contributed by atoms with E-state index >= 15 is 0 Å². The van der Waals surface area contributed by atoms with Crippen LogP contribution in [0, 0.1) is 0 Å². The van der Waals surface area contributed by atoms with Gasteiger partial charge in [-0.15, -0.1) is 0 Å². The van der Waals surface area contributed by atoms with E-state index in [2.05, 4.69) is 54.3 Å². The lowest BCUT2D eigenvalue weighted by molar-refractivity contribution is 0.128. The molecule has 0 bridgehead atoms. The van der Waals surface area contributed by atoms with Crippen molar-refractivity contribution in [2.24, 2.45) is 0 Å². The highest BCUT2D eigenvalue weighted by Crippen LogP contribution is 2.33. The Morgan fingerprint density at radius 2 is 1.96 bits per heavy atom. The molecule has 4 aromatic rings. The molecule has 1 aliphatic heterocycles. The lowest BCUT2D eigenvalue weighted by Crippen LogP contribution is -2.34. The molecular weight excluding hydrogens is 340 g/mol. The third-order valence-corrected chi connectivity index (χ3v) is 4.89. The van der Waals surface area contributed by atoms with Crippen LogP contribution in [0.15, 0.2) is 65.7 Å². The number of fused-ring (bicyclic) bond motifs is 1. The molecule has 0 radical (unpaired) electrons. The molecule has 7 heteroatoms. The highest BCUT2D eigenvalue weighted by molar-refractivity contribution is 5.52. The topological polar surface area (TPSA) is 83.7 Å². The van der Waals surface area contributed by atoms with E-state index in [1.807, 2.05) is 18.2 Å². The number of hydrogen-bond acceptors (Lipinski definition) is 6. The average Bonchev–Trinajstić information content (AvgIpc) is 3.38. The summed E-state index contributed by atoms with van der Waals surface area (Å²) in [6.07, 6.45) is 5.95. The number of aromatic amines is 1. The van der Waals surface area contributed by atoms with E-state index in [0.29, 0.717) is 11.7 Å². The van der Waals surface area contributed by atoms with Gasteiger partial charge in [-0.2, -0.15) is 4.98 Å². The number of H-pyrrole nitrogens is 1. The SMILES string of the molecule is c1ccc(CN2Cc3[nH]cnc3CC2c2nc(-c3ccncc3)no2)cc1. The quantitative estimate of drug-likeness (QED) is 0.603. The Labute approximate surface area is 156 Å². The number of rotatable bonds is 4. The van der Waals surface area contributed by atoms with Crippen molar-refractivity contribution in [3.05, 3.63) is 84.0 Å². The first kappa shape index (κ1) is 15.9. The van der Waals surface area contributed by atoms with Gasteiger partial charge in [-0.1, -0.05) is 35.5 Å². The summed E-state index contributed by atoms with van der Waals surface area (Å²) in [5.41, 5.74) is 4.36. The van der Waals surface area contributed by atoms with Crippen LogP contribution in [-0.2, 0) is 19.5 Å². The number of aromatic nitrogens is 5. The van der Waals surface area contributed by atoms with E-state index in [1.54, 1.807) is 18.7 Å². The minimum Gasteiger partial charge on any atom is -0.347 e. The number of imidazole rings is 1. The molecule has 3 aromatic heterocycles.